The highest BCUT2D eigenvalue weighted by atomic mass is 79.9. The molecular weight excluding hydrogens is 248 g/mol. The van der Waals surface area contributed by atoms with E-state index in [0.29, 0.717) is 5.06 Å². The number of benzene rings is 1. The van der Waals surface area contributed by atoms with Crippen LogP contribution in [0.3, 0.4) is 0 Å². The molecule has 0 amide bonds. The summed E-state index contributed by atoms with van der Waals surface area (Å²) in [5, 5.41) is 11.2. The molecule has 0 saturated heterocycles. The maximum Gasteiger partial charge on any atom is 0.175 e. The third-order valence-corrected chi connectivity index (χ3v) is 3.59. The Morgan fingerprint density at radius 3 is 2.92 bits per heavy atom. The number of aromatic hydroxyl groups is 1. The van der Waals surface area contributed by atoms with Crippen LogP contribution in [0.5, 0.6) is 5.06 Å². The average molecular weight is 257 g/mol. The summed E-state index contributed by atoms with van der Waals surface area (Å²) in [6, 6.07) is 6.09. The molecule has 1 aromatic heterocycles. The summed E-state index contributed by atoms with van der Waals surface area (Å²) >= 11 is 4.87. The average Bonchev–Trinajstić information content (AvgIpc) is 2.40. The highest BCUT2D eigenvalue weighted by Crippen LogP contribution is 2.37. The van der Waals surface area contributed by atoms with E-state index in [1.54, 1.807) is 0 Å². The van der Waals surface area contributed by atoms with Crippen LogP contribution in [-0.4, -0.2) is 5.11 Å². The number of aryl methyl sites for hydroxylation is 1. The maximum atomic E-state index is 9.63. The largest absolute Gasteiger partial charge is 0.499 e. The molecule has 1 aromatic carbocycles. The smallest absolute Gasteiger partial charge is 0.175 e. The lowest BCUT2D eigenvalue weighted by molar-refractivity contribution is 0.485. The van der Waals surface area contributed by atoms with E-state index in [-0.39, 0.29) is 0 Å². The van der Waals surface area contributed by atoms with Gasteiger partial charge in [-0.15, -0.1) is 0 Å². The third-order valence-electron chi connectivity index (χ3n) is 2.09. The normalized spacial score (nSPS) is 10.9. The fraction of sp³-hybridized carbons (Fsp3) is 0.200. The van der Waals surface area contributed by atoms with Gasteiger partial charge in [-0.2, -0.15) is 0 Å². The van der Waals surface area contributed by atoms with Crippen molar-refractivity contribution in [1.82, 2.24) is 0 Å². The third kappa shape index (κ3) is 1.46. The van der Waals surface area contributed by atoms with E-state index >= 15 is 0 Å². The second-order valence-electron chi connectivity index (χ2n) is 2.88. The zero-order valence-electron chi connectivity index (χ0n) is 7.17. The van der Waals surface area contributed by atoms with Crippen LogP contribution >= 0.6 is 27.3 Å². The highest BCUT2D eigenvalue weighted by Gasteiger charge is 2.08. The van der Waals surface area contributed by atoms with E-state index < -0.39 is 0 Å². The van der Waals surface area contributed by atoms with E-state index in [9.17, 15) is 5.11 Å². The summed E-state index contributed by atoms with van der Waals surface area (Å²) in [4.78, 5) is 0. The van der Waals surface area contributed by atoms with Crippen molar-refractivity contribution >= 4 is 37.4 Å². The van der Waals surface area contributed by atoms with Gasteiger partial charge in [0.25, 0.3) is 0 Å². The number of halogens is 1. The molecule has 0 fully saturated rings. The van der Waals surface area contributed by atoms with Crippen molar-refractivity contribution in [2.75, 3.05) is 0 Å². The lowest BCUT2D eigenvalue weighted by Crippen LogP contribution is -1.76. The SMILES string of the molecule is CCc1c(O)sc2ccc(Br)cc12. The zero-order chi connectivity index (χ0) is 9.42. The van der Waals surface area contributed by atoms with Crippen LogP contribution in [0.15, 0.2) is 22.7 Å². The fourth-order valence-corrected chi connectivity index (χ4v) is 2.82. The molecule has 0 atom stereocenters. The second kappa shape index (κ2) is 3.31. The molecule has 2 rings (SSSR count). The Hall–Kier alpha value is -0.540. The van der Waals surface area contributed by atoms with Gasteiger partial charge < -0.3 is 5.11 Å². The molecule has 1 heterocycles. The lowest BCUT2D eigenvalue weighted by Gasteiger charge is -1.95. The van der Waals surface area contributed by atoms with Crippen molar-refractivity contribution in [2.45, 2.75) is 13.3 Å². The van der Waals surface area contributed by atoms with Gasteiger partial charge in [0.2, 0.25) is 0 Å². The first-order valence-corrected chi connectivity index (χ1v) is 5.73. The summed E-state index contributed by atoms with van der Waals surface area (Å²) in [5.74, 6) is 0. The van der Waals surface area contributed by atoms with E-state index in [1.165, 1.54) is 16.7 Å². The molecule has 0 saturated carbocycles. The van der Waals surface area contributed by atoms with E-state index in [1.807, 2.05) is 12.1 Å². The van der Waals surface area contributed by atoms with Gasteiger partial charge >= 0.3 is 0 Å². The van der Waals surface area contributed by atoms with Crippen LogP contribution in [0.1, 0.15) is 12.5 Å². The van der Waals surface area contributed by atoms with Gasteiger partial charge in [-0.25, -0.2) is 0 Å². The van der Waals surface area contributed by atoms with E-state index in [4.69, 9.17) is 0 Å². The van der Waals surface area contributed by atoms with Crippen molar-refractivity contribution in [3.63, 3.8) is 0 Å². The minimum absolute atomic E-state index is 0.454. The van der Waals surface area contributed by atoms with Crippen LogP contribution in [0.4, 0.5) is 0 Å². The van der Waals surface area contributed by atoms with Crippen molar-refractivity contribution in [1.29, 1.82) is 0 Å². The van der Waals surface area contributed by atoms with Crippen LogP contribution in [0, 0.1) is 0 Å². The summed E-state index contributed by atoms with van der Waals surface area (Å²) in [6.45, 7) is 2.06. The first kappa shape index (κ1) is 9.03. The minimum Gasteiger partial charge on any atom is -0.499 e. The quantitative estimate of drug-likeness (QED) is 0.820. The predicted octanol–water partition coefficient (Wildman–Crippen LogP) is 3.93. The molecule has 13 heavy (non-hydrogen) atoms. The van der Waals surface area contributed by atoms with Gasteiger partial charge in [0.1, 0.15) is 0 Å². The Bertz CT molecular complexity index is 447. The maximum absolute atomic E-state index is 9.63. The van der Waals surface area contributed by atoms with Gasteiger partial charge in [-0.3, -0.25) is 0 Å². The standard InChI is InChI=1S/C10H9BrOS/c1-2-7-8-5-6(11)3-4-9(8)13-10(7)12/h3-5,12H,2H2,1H3. The zero-order valence-corrected chi connectivity index (χ0v) is 9.58. The molecule has 0 aliphatic carbocycles. The Morgan fingerprint density at radius 1 is 1.46 bits per heavy atom. The van der Waals surface area contributed by atoms with Crippen molar-refractivity contribution in [3.05, 3.63) is 28.2 Å². The lowest BCUT2D eigenvalue weighted by atomic mass is 10.1. The molecular formula is C10H9BrOS. The monoisotopic (exact) mass is 256 g/mol. The number of fused-ring (bicyclic) bond motifs is 1. The molecule has 1 N–H and O–H groups in total. The van der Waals surface area contributed by atoms with E-state index in [2.05, 4.69) is 28.9 Å². The van der Waals surface area contributed by atoms with Crippen molar-refractivity contribution in [2.24, 2.45) is 0 Å². The first-order valence-electron chi connectivity index (χ1n) is 4.12. The Kier molecular flexibility index (Phi) is 2.30. The Morgan fingerprint density at radius 2 is 2.23 bits per heavy atom. The number of thiophene rings is 1. The topological polar surface area (TPSA) is 20.2 Å². The van der Waals surface area contributed by atoms with Crippen LogP contribution in [0.25, 0.3) is 10.1 Å². The van der Waals surface area contributed by atoms with E-state index in [0.717, 1.165) is 21.2 Å². The molecule has 0 unspecified atom stereocenters. The van der Waals surface area contributed by atoms with Crippen molar-refractivity contribution in [3.8, 4) is 5.06 Å². The molecule has 2 aromatic rings. The first-order chi connectivity index (χ1) is 6.22. The van der Waals surface area contributed by atoms with Gasteiger partial charge in [0.15, 0.2) is 5.06 Å². The van der Waals surface area contributed by atoms with Gasteiger partial charge in [0.05, 0.1) is 0 Å². The summed E-state index contributed by atoms with van der Waals surface area (Å²) in [5.41, 5.74) is 1.06. The summed E-state index contributed by atoms with van der Waals surface area (Å²) < 4.78 is 2.21. The molecule has 0 radical (unpaired) electrons. The van der Waals surface area contributed by atoms with Crippen LogP contribution in [0.2, 0.25) is 0 Å². The fourth-order valence-electron chi connectivity index (χ4n) is 1.45. The highest BCUT2D eigenvalue weighted by molar-refractivity contribution is 9.10. The molecule has 0 spiro atoms. The molecule has 0 aliphatic heterocycles. The van der Waals surface area contributed by atoms with Crippen LogP contribution in [-0.2, 0) is 6.42 Å². The number of hydrogen-bond donors (Lipinski definition) is 1. The second-order valence-corrected chi connectivity index (χ2v) is 4.83. The predicted molar refractivity (Wildman–Crippen MR) is 60.6 cm³/mol. The molecule has 68 valence electrons. The molecule has 0 aliphatic rings. The number of hydrogen-bond acceptors (Lipinski definition) is 2. The molecule has 1 nitrogen and oxygen atoms in total. The summed E-state index contributed by atoms with van der Waals surface area (Å²) in [7, 11) is 0. The van der Waals surface area contributed by atoms with Gasteiger partial charge in [-0.05, 0) is 24.6 Å². The number of rotatable bonds is 1. The molecule has 0 bridgehead atoms. The minimum atomic E-state index is 0.454. The molecule has 3 heteroatoms. The van der Waals surface area contributed by atoms with Gasteiger partial charge in [-0.1, -0.05) is 34.2 Å². The van der Waals surface area contributed by atoms with Gasteiger partial charge in [0, 0.05) is 20.1 Å². The van der Waals surface area contributed by atoms with Crippen LogP contribution < -0.4 is 0 Å². The van der Waals surface area contributed by atoms with Crippen molar-refractivity contribution < 1.29 is 5.11 Å². The Labute approximate surface area is 89.1 Å². The summed E-state index contributed by atoms with van der Waals surface area (Å²) in [6.07, 6.45) is 0.877. The Balaban J connectivity index is 2.80.